The van der Waals surface area contributed by atoms with Crippen molar-refractivity contribution in [2.45, 2.75) is 83.6 Å². The number of hydrogen-bond acceptors (Lipinski definition) is 9. The Labute approximate surface area is 229 Å². The molecule has 1 N–H and O–H groups in total. The largest absolute Gasteiger partial charge is 0.493 e. The van der Waals surface area contributed by atoms with E-state index in [0.29, 0.717) is 25.7 Å². The summed E-state index contributed by atoms with van der Waals surface area (Å²) >= 11 is 0. The fraction of sp³-hybridized carbons (Fsp3) is 0.517. The third kappa shape index (κ3) is 8.95. The smallest absolute Gasteiger partial charge is 0.328 e. The first-order valence-electron chi connectivity index (χ1n) is 13.3. The summed E-state index contributed by atoms with van der Waals surface area (Å²) in [6.45, 7) is 4.77. The van der Waals surface area contributed by atoms with Gasteiger partial charge in [0.15, 0.2) is 17.2 Å². The van der Waals surface area contributed by atoms with Crippen molar-refractivity contribution in [3.05, 3.63) is 53.9 Å². The molecule has 0 bridgehead atoms. The number of nitrogens with one attached hydrogen (secondary N) is 1. The van der Waals surface area contributed by atoms with Gasteiger partial charge in [0.2, 0.25) is 6.79 Å². The minimum Gasteiger partial charge on any atom is -0.493 e. The third-order valence-electron chi connectivity index (χ3n) is 6.37. The Balaban J connectivity index is 1.69. The van der Waals surface area contributed by atoms with Crippen LogP contribution in [0, 0.1) is 0 Å². The number of carbonyl (C=O) groups is 3. The first-order valence-corrected chi connectivity index (χ1v) is 13.3. The monoisotopic (exact) mass is 542 g/mol. The van der Waals surface area contributed by atoms with E-state index in [1.807, 2.05) is 25.1 Å². The van der Waals surface area contributed by atoms with E-state index in [2.05, 4.69) is 29.4 Å². The zero-order valence-electron chi connectivity index (χ0n) is 23.0. The molecule has 3 rings (SSSR count). The van der Waals surface area contributed by atoms with Gasteiger partial charge in [0.1, 0.15) is 12.1 Å². The molecule has 1 saturated heterocycles. The predicted octanol–water partition coefficient (Wildman–Crippen LogP) is 4.52. The average Bonchev–Trinajstić information content (AvgIpc) is 2.97. The molecule has 1 aromatic carbocycles. The van der Waals surface area contributed by atoms with E-state index in [1.165, 1.54) is 26.3 Å². The van der Waals surface area contributed by atoms with Crippen molar-refractivity contribution in [2.75, 3.05) is 13.9 Å². The minimum absolute atomic E-state index is 0.0000984. The highest BCUT2D eigenvalue weighted by molar-refractivity contribution is 5.98. The van der Waals surface area contributed by atoms with E-state index in [1.54, 1.807) is 0 Å². The SMILES string of the molecule is CCCC(OC1CCC[C@H](NC(=O)c2nccc(OC)c2OCOC(C)=O)C(=O)O[C@@H](C)C1)c1ccccc1. The lowest BCUT2D eigenvalue weighted by Gasteiger charge is -2.26. The molecule has 10 heteroatoms. The molecule has 2 unspecified atom stereocenters. The van der Waals surface area contributed by atoms with Gasteiger partial charge in [-0.2, -0.15) is 0 Å². The highest BCUT2D eigenvalue weighted by Gasteiger charge is 2.31. The highest BCUT2D eigenvalue weighted by Crippen LogP contribution is 2.31. The van der Waals surface area contributed by atoms with Gasteiger partial charge in [-0.25, -0.2) is 9.78 Å². The zero-order chi connectivity index (χ0) is 28.2. The second kappa shape index (κ2) is 15.1. The van der Waals surface area contributed by atoms with Crippen LogP contribution in [0.1, 0.15) is 81.5 Å². The van der Waals surface area contributed by atoms with Crippen LogP contribution in [0.25, 0.3) is 0 Å². The number of methoxy groups -OCH3 is 1. The first-order chi connectivity index (χ1) is 18.8. The van der Waals surface area contributed by atoms with Crippen molar-refractivity contribution < 1.29 is 38.1 Å². The van der Waals surface area contributed by atoms with Crippen molar-refractivity contribution in [3.63, 3.8) is 0 Å². The molecule has 39 heavy (non-hydrogen) atoms. The average molecular weight is 543 g/mol. The lowest BCUT2D eigenvalue weighted by Crippen LogP contribution is -2.43. The standard InChI is InChI=1S/C29H38N2O8/c1-5-10-24(21-11-7-6-8-12-21)39-22-13-9-14-23(29(34)38-19(2)17-22)31-28(33)26-27(37-18-36-20(3)32)25(35-4)15-16-30-26/h6-8,11-12,15-16,19,22-24H,5,9-10,13-14,17-18H2,1-4H3,(H,31,33)/t19-,22?,23-,24?/m0/s1. The number of rotatable bonds is 11. The van der Waals surface area contributed by atoms with Crippen LogP contribution in [0.15, 0.2) is 42.6 Å². The van der Waals surface area contributed by atoms with Crippen LogP contribution in [0.2, 0.25) is 0 Å². The molecule has 1 aromatic heterocycles. The lowest BCUT2D eigenvalue weighted by molar-refractivity contribution is -0.152. The number of hydrogen-bond donors (Lipinski definition) is 1. The molecule has 1 fully saturated rings. The third-order valence-corrected chi connectivity index (χ3v) is 6.37. The van der Waals surface area contributed by atoms with Crippen molar-refractivity contribution in [1.82, 2.24) is 10.3 Å². The van der Waals surface area contributed by atoms with Gasteiger partial charge in [0.05, 0.1) is 19.3 Å². The number of pyridine rings is 1. The molecule has 1 aliphatic rings. The Morgan fingerprint density at radius 1 is 1.18 bits per heavy atom. The fourth-order valence-corrected chi connectivity index (χ4v) is 4.50. The van der Waals surface area contributed by atoms with Gasteiger partial charge in [0.25, 0.3) is 5.91 Å². The van der Waals surface area contributed by atoms with Gasteiger partial charge in [-0.3, -0.25) is 9.59 Å². The van der Waals surface area contributed by atoms with Crippen molar-refractivity contribution in [1.29, 1.82) is 0 Å². The number of nitrogens with zero attached hydrogens (tertiary/aromatic N) is 1. The Bertz CT molecular complexity index is 1090. The van der Waals surface area contributed by atoms with E-state index in [9.17, 15) is 14.4 Å². The molecule has 0 spiro atoms. The molecular weight excluding hydrogens is 504 g/mol. The van der Waals surface area contributed by atoms with Crippen LogP contribution < -0.4 is 14.8 Å². The number of amides is 1. The number of ether oxygens (including phenoxy) is 5. The van der Waals surface area contributed by atoms with E-state index in [0.717, 1.165) is 18.4 Å². The number of carbonyl (C=O) groups excluding carboxylic acids is 3. The maximum Gasteiger partial charge on any atom is 0.328 e. The van der Waals surface area contributed by atoms with E-state index in [4.69, 9.17) is 23.7 Å². The summed E-state index contributed by atoms with van der Waals surface area (Å²) in [5, 5.41) is 2.73. The van der Waals surface area contributed by atoms with E-state index < -0.39 is 36.8 Å². The molecule has 10 nitrogen and oxygen atoms in total. The van der Waals surface area contributed by atoms with E-state index >= 15 is 0 Å². The summed E-state index contributed by atoms with van der Waals surface area (Å²) in [6.07, 6.45) is 5.03. The molecule has 212 valence electrons. The van der Waals surface area contributed by atoms with E-state index in [-0.39, 0.29) is 29.4 Å². The number of benzene rings is 1. The molecule has 0 saturated carbocycles. The van der Waals surface area contributed by atoms with Crippen LogP contribution in [0.4, 0.5) is 0 Å². The molecule has 2 aromatic rings. The Kier molecular flexibility index (Phi) is 11.5. The summed E-state index contributed by atoms with van der Waals surface area (Å²) in [7, 11) is 1.41. The van der Waals surface area contributed by atoms with Crippen LogP contribution in [-0.4, -0.2) is 55.0 Å². The maximum absolute atomic E-state index is 13.2. The van der Waals surface area contributed by atoms with Gasteiger partial charge >= 0.3 is 11.9 Å². The van der Waals surface area contributed by atoms with Crippen molar-refractivity contribution >= 4 is 17.8 Å². The number of esters is 2. The summed E-state index contributed by atoms with van der Waals surface area (Å²) < 4.78 is 27.8. The quantitative estimate of drug-likeness (QED) is 0.322. The van der Waals surface area contributed by atoms with Crippen LogP contribution in [0.5, 0.6) is 11.5 Å². The molecule has 0 radical (unpaired) electrons. The minimum atomic E-state index is -0.881. The topological polar surface area (TPSA) is 122 Å². The molecular formula is C29H38N2O8. The second-order valence-electron chi connectivity index (χ2n) is 9.48. The van der Waals surface area contributed by atoms with Crippen LogP contribution >= 0.6 is 0 Å². The molecule has 4 atom stereocenters. The predicted molar refractivity (Wildman–Crippen MR) is 142 cm³/mol. The number of cyclic esters (lactones) is 1. The Hall–Kier alpha value is -3.66. The van der Waals surface area contributed by atoms with Gasteiger partial charge < -0.3 is 29.0 Å². The second-order valence-corrected chi connectivity index (χ2v) is 9.48. The summed E-state index contributed by atoms with van der Waals surface area (Å²) in [5.41, 5.74) is 1.03. The summed E-state index contributed by atoms with van der Waals surface area (Å²) in [6, 6.07) is 10.8. The van der Waals surface area contributed by atoms with Crippen LogP contribution in [-0.2, 0) is 23.8 Å². The van der Waals surface area contributed by atoms with Crippen LogP contribution in [0.3, 0.4) is 0 Å². The Morgan fingerprint density at radius 2 is 1.95 bits per heavy atom. The first kappa shape index (κ1) is 29.9. The van der Waals surface area contributed by atoms with Gasteiger partial charge in [0, 0.05) is 25.6 Å². The van der Waals surface area contributed by atoms with Gasteiger partial charge in [-0.05, 0) is 38.2 Å². The Morgan fingerprint density at radius 3 is 2.64 bits per heavy atom. The summed E-state index contributed by atoms with van der Waals surface area (Å²) in [5.74, 6) is -1.47. The normalized spacial score (nSPS) is 20.4. The molecule has 1 amide bonds. The van der Waals surface area contributed by atoms with Gasteiger partial charge in [-0.15, -0.1) is 0 Å². The molecule has 2 heterocycles. The van der Waals surface area contributed by atoms with Crippen molar-refractivity contribution in [2.24, 2.45) is 0 Å². The highest BCUT2D eigenvalue weighted by atomic mass is 16.7. The summed E-state index contributed by atoms with van der Waals surface area (Å²) in [4.78, 5) is 41.4. The maximum atomic E-state index is 13.2. The van der Waals surface area contributed by atoms with Crippen molar-refractivity contribution in [3.8, 4) is 11.5 Å². The molecule has 0 aliphatic carbocycles. The zero-order valence-corrected chi connectivity index (χ0v) is 23.0. The fourth-order valence-electron chi connectivity index (χ4n) is 4.50. The number of aromatic nitrogens is 1. The van der Waals surface area contributed by atoms with Gasteiger partial charge in [-0.1, -0.05) is 43.7 Å². The molecule has 1 aliphatic heterocycles. The lowest BCUT2D eigenvalue weighted by atomic mass is 10.0.